The molecule has 2 aromatic carbocycles. The molecule has 2 aromatic rings. The third-order valence-corrected chi connectivity index (χ3v) is 6.50. The summed E-state index contributed by atoms with van der Waals surface area (Å²) in [4.78, 5) is 0.0810. The van der Waals surface area contributed by atoms with Crippen molar-refractivity contribution in [3.05, 3.63) is 57.6 Å². The maximum absolute atomic E-state index is 13.0. The monoisotopic (exact) mass is 371 g/mol. The number of hydrogen-bond donors (Lipinski definition) is 1. The number of aliphatic hydroxyl groups is 1. The van der Waals surface area contributed by atoms with Gasteiger partial charge < -0.3 is 5.11 Å². The second-order valence-corrected chi connectivity index (χ2v) is 8.15. The fraction of sp³-hybridized carbons (Fsp3) is 0.250. The molecule has 1 aliphatic heterocycles. The number of fused-ring (bicyclic) bond motifs is 1. The van der Waals surface area contributed by atoms with E-state index in [4.69, 9.17) is 23.2 Å². The molecule has 23 heavy (non-hydrogen) atoms. The molecular weight excluding hydrogens is 357 g/mol. The summed E-state index contributed by atoms with van der Waals surface area (Å²) in [6.45, 7) is 2.04. The zero-order chi connectivity index (χ0) is 16.8. The third kappa shape index (κ3) is 2.83. The topological polar surface area (TPSA) is 57.6 Å². The average molecular weight is 372 g/mol. The molecule has 0 fully saturated rings. The van der Waals surface area contributed by atoms with Crippen LogP contribution in [0, 0.1) is 6.92 Å². The Morgan fingerprint density at radius 2 is 1.91 bits per heavy atom. The summed E-state index contributed by atoms with van der Waals surface area (Å²) in [6.07, 6.45) is -0.318. The van der Waals surface area contributed by atoms with Crippen LogP contribution in [0.1, 0.15) is 23.7 Å². The molecule has 1 aliphatic rings. The Hall–Kier alpha value is -1.27. The van der Waals surface area contributed by atoms with Crippen molar-refractivity contribution in [2.45, 2.75) is 24.3 Å². The number of para-hydroxylation sites is 1. The first-order valence-corrected chi connectivity index (χ1v) is 9.27. The summed E-state index contributed by atoms with van der Waals surface area (Å²) in [7, 11) is -3.78. The number of hydrogen-bond acceptors (Lipinski definition) is 3. The van der Waals surface area contributed by atoms with E-state index in [0.717, 1.165) is 5.56 Å². The SMILES string of the molecule is Cc1cccc2c1N(S(=O)(=O)c1ccc(Cl)c(Cl)c1)CCC2O. The van der Waals surface area contributed by atoms with Crippen molar-refractivity contribution in [2.24, 2.45) is 0 Å². The summed E-state index contributed by atoms with van der Waals surface area (Å²) < 4.78 is 27.4. The van der Waals surface area contributed by atoms with Crippen LogP contribution in [-0.4, -0.2) is 20.1 Å². The van der Waals surface area contributed by atoms with Crippen molar-refractivity contribution in [1.82, 2.24) is 0 Å². The molecule has 0 aromatic heterocycles. The Kier molecular flexibility index (Phi) is 4.31. The Balaban J connectivity index is 2.15. The number of nitrogens with zero attached hydrogens (tertiary/aromatic N) is 1. The summed E-state index contributed by atoms with van der Waals surface area (Å²) in [5, 5.41) is 10.7. The van der Waals surface area contributed by atoms with Gasteiger partial charge >= 0.3 is 0 Å². The molecule has 0 bridgehead atoms. The van der Waals surface area contributed by atoms with Gasteiger partial charge in [0, 0.05) is 12.1 Å². The highest BCUT2D eigenvalue weighted by Gasteiger charge is 2.33. The molecule has 0 saturated carbocycles. The minimum Gasteiger partial charge on any atom is -0.388 e. The third-order valence-electron chi connectivity index (χ3n) is 3.96. The lowest BCUT2D eigenvalue weighted by Crippen LogP contribution is -2.37. The van der Waals surface area contributed by atoms with Gasteiger partial charge in [-0.1, -0.05) is 41.4 Å². The second kappa shape index (κ2) is 5.98. The van der Waals surface area contributed by atoms with E-state index < -0.39 is 16.1 Å². The fourth-order valence-electron chi connectivity index (χ4n) is 2.80. The van der Waals surface area contributed by atoms with E-state index in [1.54, 1.807) is 6.07 Å². The van der Waals surface area contributed by atoms with E-state index in [0.29, 0.717) is 22.7 Å². The van der Waals surface area contributed by atoms with Crippen LogP contribution in [0.15, 0.2) is 41.3 Å². The van der Waals surface area contributed by atoms with E-state index in [2.05, 4.69) is 0 Å². The van der Waals surface area contributed by atoms with Crippen LogP contribution in [0.2, 0.25) is 10.0 Å². The van der Waals surface area contributed by atoms with E-state index >= 15 is 0 Å². The Morgan fingerprint density at radius 3 is 2.61 bits per heavy atom. The average Bonchev–Trinajstić information content (AvgIpc) is 2.51. The van der Waals surface area contributed by atoms with Crippen molar-refractivity contribution < 1.29 is 13.5 Å². The van der Waals surface area contributed by atoms with Crippen LogP contribution in [-0.2, 0) is 10.0 Å². The van der Waals surface area contributed by atoms with Gasteiger partial charge in [0.05, 0.1) is 26.7 Å². The molecule has 122 valence electrons. The number of sulfonamides is 1. The van der Waals surface area contributed by atoms with Gasteiger partial charge in [0.25, 0.3) is 10.0 Å². The van der Waals surface area contributed by atoms with Gasteiger partial charge in [0.1, 0.15) is 0 Å². The summed E-state index contributed by atoms with van der Waals surface area (Å²) in [6, 6.07) is 9.65. The molecule has 0 spiro atoms. The number of aliphatic hydroxyl groups excluding tert-OH is 1. The lowest BCUT2D eigenvalue weighted by Gasteiger charge is -2.34. The lowest BCUT2D eigenvalue weighted by molar-refractivity contribution is 0.166. The standard InChI is InChI=1S/C16H15Cl2NO3S/c1-10-3-2-4-12-15(20)7-8-19(16(10)12)23(21,22)11-5-6-13(17)14(18)9-11/h2-6,9,15,20H,7-8H2,1H3. The zero-order valence-corrected chi connectivity index (χ0v) is 14.7. The van der Waals surface area contributed by atoms with Crippen molar-refractivity contribution >= 4 is 38.9 Å². The van der Waals surface area contributed by atoms with Gasteiger partial charge in [0.15, 0.2) is 0 Å². The van der Waals surface area contributed by atoms with Gasteiger partial charge in [-0.15, -0.1) is 0 Å². The molecular formula is C16H15Cl2NO3S. The molecule has 0 saturated heterocycles. The smallest absolute Gasteiger partial charge is 0.264 e. The van der Waals surface area contributed by atoms with Crippen LogP contribution in [0.5, 0.6) is 0 Å². The van der Waals surface area contributed by atoms with Crippen LogP contribution in [0.4, 0.5) is 5.69 Å². The maximum Gasteiger partial charge on any atom is 0.264 e. The number of aryl methyl sites for hydroxylation is 1. The molecule has 0 aliphatic carbocycles. The van der Waals surface area contributed by atoms with Crippen molar-refractivity contribution in [3.63, 3.8) is 0 Å². The quantitative estimate of drug-likeness (QED) is 0.869. The predicted octanol–water partition coefficient (Wildman–Crippen LogP) is 3.93. The number of benzene rings is 2. The number of anilines is 1. The van der Waals surface area contributed by atoms with E-state index in [-0.39, 0.29) is 16.5 Å². The molecule has 4 nitrogen and oxygen atoms in total. The molecule has 0 amide bonds. The van der Waals surface area contributed by atoms with Crippen molar-refractivity contribution in [3.8, 4) is 0 Å². The number of rotatable bonds is 2. The first kappa shape index (κ1) is 16.6. The molecule has 1 N–H and O–H groups in total. The maximum atomic E-state index is 13.0. The van der Waals surface area contributed by atoms with Gasteiger partial charge in [0.2, 0.25) is 0 Å². The highest BCUT2D eigenvalue weighted by Crippen LogP contribution is 2.39. The van der Waals surface area contributed by atoms with Crippen LogP contribution in [0.25, 0.3) is 0 Å². The van der Waals surface area contributed by atoms with Gasteiger partial charge in [-0.2, -0.15) is 0 Å². The molecule has 1 heterocycles. The summed E-state index contributed by atoms with van der Waals surface area (Å²) >= 11 is 11.8. The second-order valence-electron chi connectivity index (χ2n) is 5.47. The highest BCUT2D eigenvalue weighted by molar-refractivity contribution is 7.92. The molecule has 0 radical (unpaired) electrons. The first-order valence-electron chi connectivity index (χ1n) is 7.08. The van der Waals surface area contributed by atoms with Crippen molar-refractivity contribution in [2.75, 3.05) is 10.8 Å². The van der Waals surface area contributed by atoms with Gasteiger partial charge in [-0.05, 0) is 37.1 Å². The Labute approximate surface area is 145 Å². The zero-order valence-electron chi connectivity index (χ0n) is 12.3. The molecule has 1 unspecified atom stereocenters. The molecule has 1 atom stereocenters. The Morgan fingerprint density at radius 1 is 1.17 bits per heavy atom. The normalized spacial score (nSPS) is 17.9. The highest BCUT2D eigenvalue weighted by atomic mass is 35.5. The minimum atomic E-state index is -3.78. The largest absolute Gasteiger partial charge is 0.388 e. The minimum absolute atomic E-state index is 0.0810. The lowest BCUT2D eigenvalue weighted by atomic mass is 9.98. The summed E-state index contributed by atoms with van der Waals surface area (Å²) in [5.41, 5.74) is 1.96. The Bertz CT molecular complexity index is 868. The molecule has 7 heteroatoms. The van der Waals surface area contributed by atoms with Crippen molar-refractivity contribution in [1.29, 1.82) is 0 Å². The van der Waals surface area contributed by atoms with Gasteiger partial charge in [-0.25, -0.2) is 8.42 Å². The van der Waals surface area contributed by atoms with Crippen LogP contribution >= 0.6 is 23.2 Å². The fourth-order valence-corrected chi connectivity index (χ4v) is 4.76. The van der Waals surface area contributed by atoms with Crippen LogP contribution < -0.4 is 4.31 Å². The predicted molar refractivity (Wildman–Crippen MR) is 91.7 cm³/mol. The van der Waals surface area contributed by atoms with Crippen LogP contribution in [0.3, 0.4) is 0 Å². The van der Waals surface area contributed by atoms with E-state index in [1.807, 2.05) is 19.1 Å². The summed E-state index contributed by atoms with van der Waals surface area (Å²) in [5.74, 6) is 0. The van der Waals surface area contributed by atoms with E-state index in [1.165, 1.54) is 22.5 Å². The van der Waals surface area contributed by atoms with E-state index in [9.17, 15) is 13.5 Å². The molecule has 3 rings (SSSR count). The number of halogens is 2. The first-order chi connectivity index (χ1) is 10.8. The van der Waals surface area contributed by atoms with Gasteiger partial charge in [-0.3, -0.25) is 4.31 Å².